The molecule has 5 N–H and O–H groups in total. The van der Waals surface area contributed by atoms with Crippen LogP contribution in [0, 0.1) is 0 Å². The van der Waals surface area contributed by atoms with E-state index in [4.69, 9.17) is 17.3 Å². The first-order valence-electron chi connectivity index (χ1n) is 7.37. The Labute approximate surface area is 141 Å². The number of rotatable bonds is 3. The number of aromatic amines is 2. The maximum atomic E-state index is 12.3. The number of benzene rings is 1. The van der Waals surface area contributed by atoms with E-state index in [9.17, 15) is 14.4 Å². The van der Waals surface area contributed by atoms with Crippen LogP contribution >= 0.6 is 11.6 Å². The number of nitrogens with two attached hydrogens (primary N) is 1. The minimum absolute atomic E-state index is 0.115. The van der Waals surface area contributed by atoms with Crippen molar-refractivity contribution in [1.82, 2.24) is 15.3 Å². The van der Waals surface area contributed by atoms with Gasteiger partial charge in [-0.05, 0) is 30.7 Å². The molecular weight excluding hydrogens is 334 g/mol. The Morgan fingerprint density at radius 2 is 1.96 bits per heavy atom. The summed E-state index contributed by atoms with van der Waals surface area (Å²) in [6.07, 6.45) is 0.738. The third-order valence-electron chi connectivity index (χ3n) is 3.92. The molecule has 1 aromatic heterocycles. The number of hydrogen-bond donors (Lipinski definition) is 4. The molecule has 0 bridgehead atoms. The molecule has 8 nitrogen and oxygen atoms in total. The van der Waals surface area contributed by atoms with Crippen molar-refractivity contribution < 1.29 is 4.79 Å². The van der Waals surface area contributed by atoms with E-state index in [1.807, 2.05) is 29.2 Å². The SMILES string of the molecule is Nc1c(C(=O)NC2CCN(c3ccc(Cl)cc3)C2)[nH]c(=O)[nH]c1=O. The second-order valence-electron chi connectivity index (χ2n) is 5.58. The third-order valence-corrected chi connectivity index (χ3v) is 4.17. The number of nitrogen functional groups attached to an aromatic ring is 1. The molecule has 9 heteroatoms. The lowest BCUT2D eigenvalue weighted by Gasteiger charge is -2.19. The highest BCUT2D eigenvalue weighted by Crippen LogP contribution is 2.22. The summed E-state index contributed by atoms with van der Waals surface area (Å²) < 4.78 is 0. The van der Waals surface area contributed by atoms with Crippen LogP contribution in [-0.4, -0.2) is 35.0 Å². The van der Waals surface area contributed by atoms with E-state index in [0.29, 0.717) is 11.6 Å². The fourth-order valence-corrected chi connectivity index (χ4v) is 2.82. The highest BCUT2D eigenvalue weighted by atomic mass is 35.5. The van der Waals surface area contributed by atoms with Crippen molar-refractivity contribution in [2.45, 2.75) is 12.5 Å². The summed E-state index contributed by atoms with van der Waals surface area (Å²) in [7, 11) is 0. The average molecular weight is 350 g/mol. The van der Waals surface area contributed by atoms with Gasteiger partial charge in [0, 0.05) is 29.8 Å². The van der Waals surface area contributed by atoms with Gasteiger partial charge in [-0.1, -0.05) is 11.6 Å². The van der Waals surface area contributed by atoms with Gasteiger partial charge in [-0.15, -0.1) is 0 Å². The normalized spacial score (nSPS) is 17.0. The number of H-pyrrole nitrogens is 2. The number of nitrogens with zero attached hydrogens (tertiary/aromatic N) is 1. The lowest BCUT2D eigenvalue weighted by Crippen LogP contribution is -2.40. The van der Waals surface area contributed by atoms with Crippen LogP contribution in [0.25, 0.3) is 0 Å². The van der Waals surface area contributed by atoms with Crippen molar-refractivity contribution in [2.75, 3.05) is 23.7 Å². The average Bonchev–Trinajstić information content (AvgIpc) is 3.00. The van der Waals surface area contributed by atoms with Crippen LogP contribution in [0.4, 0.5) is 11.4 Å². The summed E-state index contributed by atoms with van der Waals surface area (Å²) in [5.74, 6) is -0.571. The van der Waals surface area contributed by atoms with Crippen LogP contribution in [0.2, 0.25) is 5.02 Å². The quantitative estimate of drug-likeness (QED) is 0.634. The predicted octanol–water partition coefficient (Wildman–Crippen LogP) is 0.307. The van der Waals surface area contributed by atoms with Gasteiger partial charge in [-0.3, -0.25) is 14.6 Å². The van der Waals surface area contributed by atoms with Crippen molar-refractivity contribution in [3.05, 3.63) is 55.8 Å². The smallest absolute Gasteiger partial charge is 0.326 e. The Bertz CT molecular complexity index is 874. The predicted molar refractivity (Wildman–Crippen MR) is 91.6 cm³/mol. The van der Waals surface area contributed by atoms with Crippen molar-refractivity contribution in [1.29, 1.82) is 0 Å². The Morgan fingerprint density at radius 3 is 2.67 bits per heavy atom. The van der Waals surface area contributed by atoms with Crippen molar-refractivity contribution in [2.24, 2.45) is 0 Å². The van der Waals surface area contributed by atoms with Crippen molar-refractivity contribution >= 4 is 28.9 Å². The van der Waals surface area contributed by atoms with E-state index in [2.05, 4.69) is 15.2 Å². The first-order chi connectivity index (χ1) is 11.4. The summed E-state index contributed by atoms with van der Waals surface area (Å²) in [5, 5.41) is 3.46. The molecule has 1 aliphatic rings. The van der Waals surface area contributed by atoms with Gasteiger partial charge in [0.05, 0.1) is 0 Å². The lowest BCUT2D eigenvalue weighted by molar-refractivity contribution is 0.0935. The molecule has 0 saturated carbocycles. The van der Waals surface area contributed by atoms with Crippen LogP contribution in [-0.2, 0) is 0 Å². The van der Waals surface area contributed by atoms with E-state index < -0.39 is 17.2 Å². The number of anilines is 2. The van der Waals surface area contributed by atoms with E-state index >= 15 is 0 Å². The number of aromatic nitrogens is 2. The largest absolute Gasteiger partial charge is 0.392 e. The summed E-state index contributed by atoms with van der Waals surface area (Å²) in [6.45, 7) is 1.38. The van der Waals surface area contributed by atoms with E-state index in [1.54, 1.807) is 0 Å². The Hall–Kier alpha value is -2.74. The summed E-state index contributed by atoms with van der Waals surface area (Å²) in [6, 6.07) is 7.34. The third kappa shape index (κ3) is 3.28. The van der Waals surface area contributed by atoms with Crippen LogP contribution in [0.1, 0.15) is 16.9 Å². The minimum Gasteiger partial charge on any atom is -0.392 e. The number of carbonyl (C=O) groups excluding carboxylic acids is 1. The van der Waals surface area contributed by atoms with Gasteiger partial charge in [-0.2, -0.15) is 0 Å². The molecule has 1 saturated heterocycles. The highest BCUT2D eigenvalue weighted by molar-refractivity contribution is 6.30. The maximum Gasteiger partial charge on any atom is 0.326 e. The van der Waals surface area contributed by atoms with Crippen LogP contribution < -0.4 is 27.2 Å². The van der Waals surface area contributed by atoms with Gasteiger partial charge in [0.2, 0.25) is 0 Å². The number of hydrogen-bond acceptors (Lipinski definition) is 5. The zero-order valence-electron chi connectivity index (χ0n) is 12.6. The molecule has 3 rings (SSSR count). The van der Waals surface area contributed by atoms with Crippen molar-refractivity contribution in [3.63, 3.8) is 0 Å². The molecular formula is C15H16ClN5O3. The van der Waals surface area contributed by atoms with E-state index in [1.165, 1.54) is 0 Å². The second kappa shape index (κ2) is 6.40. The van der Waals surface area contributed by atoms with Gasteiger partial charge in [-0.25, -0.2) is 4.79 Å². The van der Waals surface area contributed by atoms with Crippen LogP contribution in [0.3, 0.4) is 0 Å². The molecule has 2 aromatic rings. The van der Waals surface area contributed by atoms with Crippen LogP contribution in [0.15, 0.2) is 33.9 Å². The zero-order valence-corrected chi connectivity index (χ0v) is 13.4. The molecule has 1 atom stereocenters. The first-order valence-corrected chi connectivity index (χ1v) is 7.75. The zero-order chi connectivity index (χ0) is 17.3. The summed E-state index contributed by atoms with van der Waals surface area (Å²) in [4.78, 5) is 41.4. The standard InChI is InChI=1S/C15H16ClN5O3/c16-8-1-3-10(4-2-8)21-6-5-9(7-21)18-14(23)12-11(17)13(22)20-15(24)19-12/h1-4,9H,5-7,17H2,(H,18,23)(H2,19,20,22,24). The Morgan fingerprint density at radius 1 is 1.25 bits per heavy atom. The molecule has 1 amide bonds. The second-order valence-corrected chi connectivity index (χ2v) is 6.01. The molecule has 126 valence electrons. The number of nitrogens with one attached hydrogen (secondary N) is 3. The van der Waals surface area contributed by atoms with E-state index in [0.717, 1.165) is 18.7 Å². The minimum atomic E-state index is -0.780. The fourth-order valence-electron chi connectivity index (χ4n) is 2.70. The van der Waals surface area contributed by atoms with Gasteiger partial charge >= 0.3 is 5.69 Å². The molecule has 1 fully saturated rings. The summed E-state index contributed by atoms with van der Waals surface area (Å²) in [5.41, 5.74) is 4.51. The highest BCUT2D eigenvalue weighted by Gasteiger charge is 2.25. The van der Waals surface area contributed by atoms with Gasteiger partial charge in [0.1, 0.15) is 11.4 Å². The molecule has 24 heavy (non-hydrogen) atoms. The first kappa shape index (κ1) is 16.1. The Balaban J connectivity index is 1.69. The number of halogens is 1. The topological polar surface area (TPSA) is 124 Å². The van der Waals surface area contributed by atoms with Gasteiger partial charge in [0.15, 0.2) is 0 Å². The molecule has 1 unspecified atom stereocenters. The lowest BCUT2D eigenvalue weighted by atomic mass is 10.2. The molecule has 0 aliphatic carbocycles. The molecule has 0 radical (unpaired) electrons. The molecule has 1 aliphatic heterocycles. The monoisotopic (exact) mass is 349 g/mol. The van der Waals surface area contributed by atoms with E-state index in [-0.39, 0.29) is 17.4 Å². The van der Waals surface area contributed by atoms with Crippen molar-refractivity contribution in [3.8, 4) is 0 Å². The molecule has 2 heterocycles. The maximum absolute atomic E-state index is 12.3. The van der Waals surface area contributed by atoms with Crippen LogP contribution in [0.5, 0.6) is 0 Å². The molecule has 1 aromatic carbocycles. The fraction of sp³-hybridized carbons (Fsp3) is 0.267. The number of amides is 1. The Kier molecular flexibility index (Phi) is 4.30. The number of carbonyl (C=O) groups is 1. The molecule has 0 spiro atoms. The van der Waals surface area contributed by atoms with Gasteiger partial charge in [0.25, 0.3) is 11.5 Å². The summed E-state index contributed by atoms with van der Waals surface area (Å²) >= 11 is 5.88. The van der Waals surface area contributed by atoms with Gasteiger partial charge < -0.3 is 20.9 Å².